The third-order valence-electron chi connectivity index (χ3n) is 7.95. The number of ether oxygens (including phenoxy) is 2. The predicted octanol–water partition coefficient (Wildman–Crippen LogP) is 4.67. The average Bonchev–Trinajstić information content (AvgIpc) is 3.59. The number of sulfonamides is 2. The van der Waals surface area contributed by atoms with E-state index in [9.17, 15) is 26.7 Å². The molecule has 2 N–H and O–H groups in total. The summed E-state index contributed by atoms with van der Waals surface area (Å²) in [7, 11) is -6.15. The third-order valence-corrected chi connectivity index (χ3v) is 12.5. The molecule has 11 nitrogen and oxygen atoms in total. The van der Waals surface area contributed by atoms with Crippen molar-refractivity contribution in [3.05, 3.63) is 71.6 Å². The maximum atomic E-state index is 14.3. The highest BCUT2D eigenvalue weighted by Crippen LogP contribution is 2.30. The molecule has 14 heteroatoms. The maximum absolute atomic E-state index is 14.3. The van der Waals surface area contributed by atoms with Gasteiger partial charge in [0.25, 0.3) is 26.0 Å². The number of carbonyl (C=O) groups excluding carboxylic acids is 1. The Morgan fingerprint density at radius 2 is 1.80 bits per heavy atom. The summed E-state index contributed by atoms with van der Waals surface area (Å²) in [6.07, 6.45) is 1.35. The van der Waals surface area contributed by atoms with Gasteiger partial charge in [0.2, 0.25) is 0 Å². The second kappa shape index (κ2) is 15.7. The van der Waals surface area contributed by atoms with Crippen LogP contribution in [0, 0.1) is 5.92 Å². The molecule has 1 aliphatic heterocycles. The summed E-state index contributed by atoms with van der Waals surface area (Å²) < 4.78 is 69.2. The summed E-state index contributed by atoms with van der Waals surface area (Å²) in [6.45, 7) is 5.77. The van der Waals surface area contributed by atoms with Crippen LogP contribution in [0.5, 0.6) is 5.75 Å². The van der Waals surface area contributed by atoms with E-state index in [1.807, 2.05) is 13.8 Å². The zero-order valence-corrected chi connectivity index (χ0v) is 29.0. The van der Waals surface area contributed by atoms with Crippen molar-refractivity contribution >= 4 is 43.0 Å². The molecule has 2 heterocycles. The SMILES string of the molecule is C[C@@H]1CCCCO[C@@H](CN(C)S(=O)(=O)c2cccs2)[C@@H](C)CN([C@@H](C)CO)C(=O)c2cc(NS(=O)(=O)c3ccccc3)ccc2O1. The van der Waals surface area contributed by atoms with Crippen molar-refractivity contribution in [2.75, 3.05) is 38.1 Å². The molecule has 1 aliphatic rings. The number of nitrogens with one attached hydrogen (secondary N) is 1. The second-order valence-corrected chi connectivity index (χ2v) is 16.5. The van der Waals surface area contributed by atoms with E-state index >= 15 is 0 Å². The molecule has 2 aromatic carbocycles. The smallest absolute Gasteiger partial charge is 0.261 e. The van der Waals surface area contributed by atoms with E-state index in [4.69, 9.17) is 9.47 Å². The zero-order chi connectivity index (χ0) is 33.5. The van der Waals surface area contributed by atoms with Crippen molar-refractivity contribution in [3.8, 4) is 5.75 Å². The van der Waals surface area contributed by atoms with Crippen molar-refractivity contribution in [3.63, 3.8) is 0 Å². The van der Waals surface area contributed by atoms with Crippen LogP contribution in [0.4, 0.5) is 5.69 Å². The number of aliphatic hydroxyl groups is 1. The summed E-state index contributed by atoms with van der Waals surface area (Å²) in [5.74, 6) is -0.508. The maximum Gasteiger partial charge on any atom is 0.261 e. The number of amides is 1. The number of aliphatic hydroxyl groups excluding tert-OH is 1. The van der Waals surface area contributed by atoms with Gasteiger partial charge in [0.15, 0.2) is 0 Å². The van der Waals surface area contributed by atoms with E-state index in [0.29, 0.717) is 18.8 Å². The summed E-state index contributed by atoms with van der Waals surface area (Å²) in [5, 5.41) is 11.9. The normalized spacial score (nSPS) is 21.2. The molecule has 0 spiro atoms. The van der Waals surface area contributed by atoms with Crippen LogP contribution < -0.4 is 9.46 Å². The molecule has 0 fully saturated rings. The van der Waals surface area contributed by atoms with Crippen LogP contribution in [0.15, 0.2) is 75.1 Å². The number of likely N-dealkylation sites (N-methyl/N-ethyl adjacent to an activating group) is 1. The Morgan fingerprint density at radius 1 is 1.07 bits per heavy atom. The number of anilines is 1. The summed E-state index contributed by atoms with van der Waals surface area (Å²) in [6, 6.07) is 15.1. The van der Waals surface area contributed by atoms with Crippen LogP contribution in [-0.4, -0.2) is 88.7 Å². The van der Waals surface area contributed by atoms with Crippen molar-refractivity contribution in [2.45, 2.75) is 67.4 Å². The van der Waals surface area contributed by atoms with Gasteiger partial charge in [-0.2, -0.15) is 4.31 Å². The Hall–Kier alpha value is -3.01. The molecular formula is C32H43N3O8S3. The average molecular weight is 694 g/mol. The Kier molecular flexibility index (Phi) is 12.2. The molecule has 46 heavy (non-hydrogen) atoms. The molecule has 0 bridgehead atoms. The first kappa shape index (κ1) is 35.8. The van der Waals surface area contributed by atoms with Gasteiger partial charge >= 0.3 is 0 Å². The lowest BCUT2D eigenvalue weighted by atomic mass is 10.0. The topological polar surface area (TPSA) is 143 Å². The Labute approximate surface area is 276 Å². The van der Waals surface area contributed by atoms with Gasteiger partial charge in [-0.05, 0) is 74.9 Å². The van der Waals surface area contributed by atoms with E-state index in [-0.39, 0.29) is 52.1 Å². The number of benzene rings is 2. The molecule has 4 atom stereocenters. The van der Waals surface area contributed by atoms with Gasteiger partial charge in [0.1, 0.15) is 9.96 Å². The standard InChI is InChI=1S/C32H43N3O8S3/c1-23-20-35(24(2)22-36)32(37)28-19-26(33-45(38,39)27-12-6-5-7-13-27)15-16-29(28)43-25(3)11-8-9-17-42-30(23)21-34(4)46(40,41)31-14-10-18-44-31/h5-7,10,12-16,18-19,23-25,30,33,36H,8-9,11,17,20-22H2,1-4H3/t23-,24-,25+,30-/m0/s1. The number of fused-ring (bicyclic) bond motifs is 1. The van der Waals surface area contributed by atoms with Gasteiger partial charge in [-0.3, -0.25) is 9.52 Å². The van der Waals surface area contributed by atoms with Gasteiger partial charge in [-0.1, -0.05) is 31.2 Å². The summed E-state index contributed by atoms with van der Waals surface area (Å²) >= 11 is 1.14. The number of nitrogens with zero attached hydrogens (tertiary/aromatic N) is 2. The van der Waals surface area contributed by atoms with Gasteiger partial charge in [0.05, 0.1) is 35.3 Å². The highest BCUT2D eigenvalue weighted by molar-refractivity contribution is 7.92. The number of thiophene rings is 1. The molecule has 0 radical (unpaired) electrons. The van der Waals surface area contributed by atoms with E-state index in [1.165, 1.54) is 34.5 Å². The molecule has 0 aliphatic carbocycles. The Bertz CT molecular complexity index is 1650. The lowest BCUT2D eigenvalue weighted by Crippen LogP contribution is -2.48. The van der Waals surface area contributed by atoms with Crippen LogP contribution in [-0.2, 0) is 24.8 Å². The molecule has 252 valence electrons. The lowest BCUT2D eigenvalue weighted by molar-refractivity contribution is -0.00832. The predicted molar refractivity (Wildman–Crippen MR) is 178 cm³/mol. The second-order valence-electron chi connectivity index (χ2n) is 11.6. The molecule has 3 aromatic rings. The van der Waals surface area contributed by atoms with Crippen LogP contribution in [0.1, 0.15) is 50.4 Å². The molecular weight excluding hydrogens is 651 g/mol. The van der Waals surface area contributed by atoms with Crippen LogP contribution in [0.25, 0.3) is 0 Å². The van der Waals surface area contributed by atoms with Gasteiger partial charge < -0.3 is 19.5 Å². The number of rotatable bonds is 9. The number of carbonyl (C=O) groups is 1. The summed E-state index contributed by atoms with van der Waals surface area (Å²) in [4.78, 5) is 15.9. The fourth-order valence-corrected chi connectivity index (χ4v) is 8.63. The van der Waals surface area contributed by atoms with E-state index in [2.05, 4.69) is 4.72 Å². The van der Waals surface area contributed by atoms with Gasteiger partial charge in [0, 0.05) is 38.3 Å². The molecule has 1 amide bonds. The fourth-order valence-electron chi connectivity index (χ4n) is 5.18. The quantitative estimate of drug-likeness (QED) is 0.330. The monoisotopic (exact) mass is 693 g/mol. The Balaban J connectivity index is 1.68. The van der Waals surface area contributed by atoms with E-state index in [1.54, 1.807) is 54.8 Å². The zero-order valence-electron chi connectivity index (χ0n) is 26.5. The van der Waals surface area contributed by atoms with E-state index < -0.39 is 38.1 Å². The third kappa shape index (κ3) is 8.87. The van der Waals surface area contributed by atoms with Crippen molar-refractivity contribution in [1.29, 1.82) is 0 Å². The molecule has 0 saturated carbocycles. The van der Waals surface area contributed by atoms with Crippen LogP contribution in [0.3, 0.4) is 0 Å². The number of hydrogen-bond donors (Lipinski definition) is 2. The highest BCUT2D eigenvalue weighted by Gasteiger charge is 2.33. The van der Waals surface area contributed by atoms with Crippen molar-refractivity contribution in [1.82, 2.24) is 9.21 Å². The van der Waals surface area contributed by atoms with Crippen LogP contribution in [0.2, 0.25) is 0 Å². The van der Waals surface area contributed by atoms with Crippen molar-refractivity contribution in [2.24, 2.45) is 5.92 Å². The van der Waals surface area contributed by atoms with Gasteiger partial charge in [-0.25, -0.2) is 16.8 Å². The fraction of sp³-hybridized carbons (Fsp3) is 0.469. The molecule has 0 saturated heterocycles. The molecule has 1 aromatic heterocycles. The molecule has 4 rings (SSSR count). The first-order chi connectivity index (χ1) is 21.8. The minimum absolute atomic E-state index is 0.0679. The minimum Gasteiger partial charge on any atom is -0.490 e. The van der Waals surface area contributed by atoms with Gasteiger partial charge in [-0.15, -0.1) is 11.3 Å². The van der Waals surface area contributed by atoms with E-state index in [0.717, 1.165) is 24.2 Å². The molecule has 0 unspecified atom stereocenters. The van der Waals surface area contributed by atoms with Crippen molar-refractivity contribution < 1.29 is 36.2 Å². The number of hydrogen-bond acceptors (Lipinski definition) is 9. The first-order valence-corrected chi connectivity index (χ1v) is 19.1. The minimum atomic E-state index is -3.93. The van der Waals surface area contributed by atoms with Crippen LogP contribution >= 0.6 is 11.3 Å². The largest absolute Gasteiger partial charge is 0.490 e. The lowest BCUT2D eigenvalue weighted by Gasteiger charge is -2.35. The highest BCUT2D eigenvalue weighted by atomic mass is 32.2. The first-order valence-electron chi connectivity index (χ1n) is 15.2. The summed E-state index contributed by atoms with van der Waals surface area (Å²) in [5.41, 5.74) is 0.319. The Morgan fingerprint density at radius 3 is 2.48 bits per heavy atom.